The van der Waals surface area contributed by atoms with Gasteiger partial charge in [-0.1, -0.05) is 24.3 Å². The highest BCUT2D eigenvalue weighted by atomic mass is 32.2. The molecule has 11 heteroatoms. The third-order valence-corrected chi connectivity index (χ3v) is 4.71. The smallest absolute Gasteiger partial charge is 0.251 e. The molecule has 3 aromatic rings. The molecular weight excluding hydrogens is 372 g/mol. The Kier molecular flexibility index (Phi) is 5.26. The number of H-pyrrole nitrogens is 1. The summed E-state index contributed by atoms with van der Waals surface area (Å²) < 4.78 is 24.0. The number of hydrogen-bond donors (Lipinski definition) is 4. The second-order valence-electron chi connectivity index (χ2n) is 5.52. The van der Waals surface area contributed by atoms with Gasteiger partial charge in [-0.2, -0.15) is 5.21 Å². The first-order chi connectivity index (χ1) is 12.9. The van der Waals surface area contributed by atoms with Crippen molar-refractivity contribution >= 4 is 15.9 Å². The van der Waals surface area contributed by atoms with Crippen molar-refractivity contribution in [2.24, 2.45) is 5.14 Å². The molecule has 3 rings (SSSR count). The van der Waals surface area contributed by atoms with E-state index in [4.69, 9.17) is 10.2 Å². The van der Waals surface area contributed by atoms with Gasteiger partial charge >= 0.3 is 0 Å². The van der Waals surface area contributed by atoms with Crippen LogP contribution in [0.4, 0.5) is 0 Å². The minimum absolute atomic E-state index is 0.0828. The fourth-order valence-electron chi connectivity index (χ4n) is 2.58. The van der Waals surface area contributed by atoms with Gasteiger partial charge in [0.2, 0.25) is 15.8 Å². The molecule has 10 nitrogen and oxygen atoms in total. The number of carbonyl (C=O) groups is 1. The Morgan fingerprint density at radius 1 is 1.19 bits per heavy atom. The summed E-state index contributed by atoms with van der Waals surface area (Å²) >= 11 is 0. The van der Waals surface area contributed by atoms with Crippen LogP contribution in [0.3, 0.4) is 0 Å². The van der Waals surface area contributed by atoms with Crippen LogP contribution in [0.5, 0.6) is 0 Å². The molecule has 0 aliphatic rings. The summed E-state index contributed by atoms with van der Waals surface area (Å²) in [5, 5.41) is 30.2. The lowest BCUT2D eigenvalue weighted by Crippen LogP contribution is -2.26. The van der Waals surface area contributed by atoms with E-state index >= 15 is 0 Å². The number of carbonyl (C=O) groups excluding carboxylic acids is 1. The predicted molar refractivity (Wildman–Crippen MR) is 95.8 cm³/mol. The number of primary sulfonamides is 1. The molecule has 1 amide bonds. The highest BCUT2D eigenvalue weighted by Crippen LogP contribution is 2.34. The lowest BCUT2D eigenvalue weighted by atomic mass is 9.98. The molecular formula is C16H16N6O4S. The second kappa shape index (κ2) is 7.61. The maximum absolute atomic E-state index is 12.0. The molecule has 1 aromatic heterocycles. The van der Waals surface area contributed by atoms with Crippen molar-refractivity contribution in [2.45, 2.75) is 4.90 Å². The molecule has 0 aliphatic heterocycles. The van der Waals surface area contributed by atoms with Gasteiger partial charge in [-0.3, -0.25) is 4.79 Å². The third kappa shape index (κ3) is 4.00. The number of hydrogen-bond acceptors (Lipinski definition) is 7. The summed E-state index contributed by atoms with van der Waals surface area (Å²) in [6.07, 6.45) is 0. The zero-order valence-corrected chi connectivity index (χ0v) is 14.8. The van der Waals surface area contributed by atoms with Crippen molar-refractivity contribution in [2.75, 3.05) is 13.2 Å². The van der Waals surface area contributed by atoms with Gasteiger partial charge in [0.05, 0.1) is 17.1 Å². The highest BCUT2D eigenvalue weighted by Gasteiger charge is 2.22. The number of rotatable bonds is 6. The van der Waals surface area contributed by atoms with E-state index in [1.54, 1.807) is 36.4 Å². The molecule has 0 aliphatic carbocycles. The number of sulfonamides is 1. The van der Waals surface area contributed by atoms with Gasteiger partial charge in [-0.15, -0.1) is 10.2 Å². The Labute approximate surface area is 154 Å². The van der Waals surface area contributed by atoms with Gasteiger partial charge in [0, 0.05) is 12.1 Å². The molecule has 0 radical (unpaired) electrons. The van der Waals surface area contributed by atoms with Crippen LogP contribution in [-0.4, -0.2) is 53.2 Å². The van der Waals surface area contributed by atoms with E-state index < -0.39 is 10.0 Å². The molecule has 140 valence electrons. The number of nitrogens with two attached hydrogens (primary N) is 1. The largest absolute Gasteiger partial charge is 0.395 e. The average molecular weight is 388 g/mol. The predicted octanol–water partition coefficient (Wildman–Crippen LogP) is -0.0968. The molecule has 0 spiro atoms. The number of aliphatic hydroxyl groups is 1. The number of nitrogens with one attached hydrogen (secondary N) is 2. The van der Waals surface area contributed by atoms with Crippen molar-refractivity contribution in [3.63, 3.8) is 0 Å². The van der Waals surface area contributed by atoms with E-state index in [9.17, 15) is 13.2 Å². The summed E-state index contributed by atoms with van der Waals surface area (Å²) in [5.74, 6) is -0.244. The van der Waals surface area contributed by atoms with Crippen molar-refractivity contribution in [1.29, 1.82) is 0 Å². The molecule has 0 saturated carbocycles. The SMILES string of the molecule is NS(=O)(=O)c1cccc(-c2ccc(C(=O)NCCO)cc2)c1-c1nn[nH]n1. The Hall–Kier alpha value is -3.15. The molecule has 0 bridgehead atoms. The minimum atomic E-state index is -4.03. The monoisotopic (exact) mass is 388 g/mol. The van der Waals surface area contributed by atoms with Crippen LogP contribution in [0.1, 0.15) is 10.4 Å². The van der Waals surface area contributed by atoms with Crippen LogP contribution in [0.2, 0.25) is 0 Å². The normalized spacial score (nSPS) is 11.3. The van der Waals surface area contributed by atoms with Crippen molar-refractivity contribution in [3.8, 4) is 22.5 Å². The van der Waals surface area contributed by atoms with Crippen LogP contribution in [0.15, 0.2) is 47.4 Å². The summed E-state index contributed by atoms with van der Waals surface area (Å²) in [7, 11) is -4.03. The molecule has 0 saturated heterocycles. The number of benzene rings is 2. The molecule has 0 unspecified atom stereocenters. The lowest BCUT2D eigenvalue weighted by Gasteiger charge is -2.12. The van der Waals surface area contributed by atoms with E-state index in [2.05, 4.69) is 25.9 Å². The molecule has 2 aromatic carbocycles. The number of aliphatic hydroxyl groups excluding tert-OH is 1. The van der Waals surface area contributed by atoms with E-state index in [1.165, 1.54) is 6.07 Å². The average Bonchev–Trinajstić information content (AvgIpc) is 3.19. The van der Waals surface area contributed by atoms with Gasteiger partial charge in [0.15, 0.2) is 0 Å². The van der Waals surface area contributed by atoms with Gasteiger partial charge in [-0.05, 0) is 34.5 Å². The van der Waals surface area contributed by atoms with Crippen LogP contribution in [0, 0.1) is 0 Å². The van der Waals surface area contributed by atoms with E-state index in [0.29, 0.717) is 16.7 Å². The van der Waals surface area contributed by atoms with E-state index in [0.717, 1.165) is 0 Å². The zero-order chi connectivity index (χ0) is 19.4. The fourth-order valence-corrected chi connectivity index (χ4v) is 3.33. The maximum atomic E-state index is 12.0. The number of aromatic nitrogens is 4. The summed E-state index contributed by atoms with van der Waals surface area (Å²) in [6.45, 7) is -0.00277. The Balaban J connectivity index is 2.08. The first-order valence-corrected chi connectivity index (χ1v) is 9.35. The summed E-state index contributed by atoms with van der Waals surface area (Å²) in [5.41, 5.74) is 1.77. The number of aromatic amines is 1. The van der Waals surface area contributed by atoms with Crippen LogP contribution < -0.4 is 10.5 Å². The highest BCUT2D eigenvalue weighted by molar-refractivity contribution is 7.89. The summed E-state index contributed by atoms with van der Waals surface area (Å²) in [4.78, 5) is 11.8. The third-order valence-electron chi connectivity index (χ3n) is 3.76. The second-order valence-corrected chi connectivity index (χ2v) is 7.05. The molecule has 0 atom stereocenters. The van der Waals surface area contributed by atoms with Gasteiger partial charge in [-0.25, -0.2) is 13.6 Å². The Morgan fingerprint density at radius 3 is 2.52 bits per heavy atom. The van der Waals surface area contributed by atoms with Crippen molar-refractivity contribution in [3.05, 3.63) is 48.0 Å². The fraction of sp³-hybridized carbons (Fsp3) is 0.125. The number of tetrazole rings is 1. The Bertz CT molecular complexity index is 1050. The van der Waals surface area contributed by atoms with Gasteiger partial charge in [0.1, 0.15) is 0 Å². The quantitative estimate of drug-likeness (QED) is 0.458. The van der Waals surface area contributed by atoms with Crippen LogP contribution in [-0.2, 0) is 10.0 Å². The van der Waals surface area contributed by atoms with E-state index in [1.807, 2.05) is 0 Å². The van der Waals surface area contributed by atoms with Crippen LogP contribution >= 0.6 is 0 Å². The molecule has 5 N–H and O–H groups in total. The van der Waals surface area contributed by atoms with Gasteiger partial charge in [0.25, 0.3) is 5.91 Å². The number of nitrogens with zero attached hydrogens (tertiary/aromatic N) is 3. The zero-order valence-electron chi connectivity index (χ0n) is 14.0. The number of amides is 1. The standard InChI is InChI=1S/C16H16N6O4S/c17-27(25,26)13-3-1-2-12(14(13)15-19-21-22-20-15)10-4-6-11(7-5-10)16(24)18-8-9-23/h1-7,23H,8-9H2,(H,18,24)(H2,17,25,26)(H,19,20,21,22). The first kappa shape index (κ1) is 18.6. The van der Waals surface area contributed by atoms with Crippen molar-refractivity contribution < 1.29 is 18.3 Å². The van der Waals surface area contributed by atoms with Gasteiger partial charge < -0.3 is 10.4 Å². The molecule has 0 fully saturated rings. The molecule has 27 heavy (non-hydrogen) atoms. The van der Waals surface area contributed by atoms with E-state index in [-0.39, 0.29) is 35.3 Å². The van der Waals surface area contributed by atoms with Crippen LogP contribution in [0.25, 0.3) is 22.5 Å². The topological polar surface area (TPSA) is 164 Å². The summed E-state index contributed by atoms with van der Waals surface area (Å²) in [6, 6.07) is 11.1. The molecule has 1 heterocycles. The van der Waals surface area contributed by atoms with Crippen molar-refractivity contribution in [1.82, 2.24) is 25.9 Å². The lowest BCUT2D eigenvalue weighted by molar-refractivity contribution is 0.0945. The maximum Gasteiger partial charge on any atom is 0.251 e. The Morgan fingerprint density at radius 2 is 1.93 bits per heavy atom. The first-order valence-electron chi connectivity index (χ1n) is 7.81. The minimum Gasteiger partial charge on any atom is -0.395 e.